The maximum atomic E-state index is 12.9. The number of benzene rings is 1. The molecule has 2 aromatic rings. The quantitative estimate of drug-likeness (QED) is 0.936. The molecule has 1 amide bonds. The Hall–Kier alpha value is -1.98. The number of hydrogen-bond donors (Lipinski definition) is 1. The molecule has 0 spiro atoms. The maximum absolute atomic E-state index is 12.9. The molecule has 2 aliphatic heterocycles. The first-order valence-corrected chi connectivity index (χ1v) is 8.72. The standard InChI is InChI=1S/C19H23N3O2/c23-18(16-7-3-5-15-6-4-9-20-17(15)16)22-12-8-19(24,14-22)13-21-10-1-2-11-21/h3-7,9,24H,1-2,8,10-14H2. The molecule has 0 aliphatic carbocycles. The average Bonchev–Trinajstić information content (AvgIpc) is 3.24. The van der Waals surface area contributed by atoms with Gasteiger partial charge in [0, 0.05) is 24.7 Å². The Balaban J connectivity index is 1.52. The minimum atomic E-state index is -0.780. The van der Waals surface area contributed by atoms with E-state index in [1.165, 1.54) is 12.8 Å². The van der Waals surface area contributed by atoms with E-state index in [1.807, 2.05) is 30.3 Å². The summed E-state index contributed by atoms with van der Waals surface area (Å²) in [6.07, 6.45) is 4.78. The van der Waals surface area contributed by atoms with E-state index in [0.717, 1.165) is 24.0 Å². The van der Waals surface area contributed by atoms with Crippen LogP contribution in [0.5, 0.6) is 0 Å². The lowest BCUT2D eigenvalue weighted by molar-refractivity contribution is 0.0176. The summed E-state index contributed by atoms with van der Waals surface area (Å²) in [5, 5.41) is 11.8. The largest absolute Gasteiger partial charge is 0.387 e. The molecular formula is C19H23N3O2. The zero-order valence-electron chi connectivity index (χ0n) is 13.8. The summed E-state index contributed by atoms with van der Waals surface area (Å²) < 4.78 is 0. The lowest BCUT2D eigenvalue weighted by atomic mass is 10.0. The van der Waals surface area contributed by atoms with Gasteiger partial charge in [-0.3, -0.25) is 9.78 Å². The summed E-state index contributed by atoms with van der Waals surface area (Å²) in [7, 11) is 0. The number of para-hydroxylation sites is 1. The third-order valence-electron chi connectivity index (χ3n) is 5.20. The van der Waals surface area contributed by atoms with Gasteiger partial charge in [-0.05, 0) is 44.5 Å². The number of β-amino-alcohol motifs (C(OH)–C–C–N with tert-alkyl or cyclic N) is 1. The molecule has 0 saturated carbocycles. The number of aliphatic hydroxyl groups is 1. The molecule has 1 aromatic carbocycles. The zero-order valence-corrected chi connectivity index (χ0v) is 13.8. The fourth-order valence-electron chi connectivity index (χ4n) is 3.96. The lowest BCUT2D eigenvalue weighted by Gasteiger charge is -2.28. The highest BCUT2D eigenvalue weighted by molar-refractivity contribution is 6.05. The van der Waals surface area contributed by atoms with E-state index >= 15 is 0 Å². The maximum Gasteiger partial charge on any atom is 0.256 e. The molecule has 5 nitrogen and oxygen atoms in total. The number of hydrogen-bond acceptors (Lipinski definition) is 4. The zero-order chi connectivity index (χ0) is 16.6. The van der Waals surface area contributed by atoms with E-state index in [2.05, 4.69) is 9.88 Å². The van der Waals surface area contributed by atoms with Crippen LogP contribution in [0.2, 0.25) is 0 Å². The van der Waals surface area contributed by atoms with Gasteiger partial charge in [-0.25, -0.2) is 0 Å². The molecule has 5 heteroatoms. The molecule has 1 unspecified atom stereocenters. The van der Waals surface area contributed by atoms with Gasteiger partial charge in [0.15, 0.2) is 0 Å². The lowest BCUT2D eigenvalue weighted by Crippen LogP contribution is -2.45. The first kappa shape index (κ1) is 15.5. The number of pyridine rings is 1. The number of amides is 1. The highest BCUT2D eigenvalue weighted by atomic mass is 16.3. The fourth-order valence-corrected chi connectivity index (χ4v) is 3.96. The Labute approximate surface area is 141 Å². The Morgan fingerprint density at radius 3 is 2.79 bits per heavy atom. The molecular weight excluding hydrogens is 302 g/mol. The summed E-state index contributed by atoms with van der Waals surface area (Å²) in [5.41, 5.74) is 0.580. The van der Waals surface area contributed by atoms with Crippen molar-refractivity contribution in [2.24, 2.45) is 0 Å². The van der Waals surface area contributed by atoms with E-state index in [9.17, 15) is 9.90 Å². The first-order chi connectivity index (χ1) is 11.6. The van der Waals surface area contributed by atoms with E-state index in [-0.39, 0.29) is 5.91 Å². The van der Waals surface area contributed by atoms with Crippen molar-refractivity contribution < 1.29 is 9.90 Å². The Bertz CT molecular complexity index is 752. The van der Waals surface area contributed by atoms with Crippen molar-refractivity contribution in [3.63, 3.8) is 0 Å². The summed E-state index contributed by atoms with van der Waals surface area (Å²) in [6, 6.07) is 9.53. The monoisotopic (exact) mass is 325 g/mol. The average molecular weight is 325 g/mol. The SMILES string of the molecule is O=C(c1cccc2cccnc12)N1CCC(O)(CN2CCCC2)C1. The van der Waals surface area contributed by atoms with Crippen LogP contribution in [-0.2, 0) is 0 Å². The molecule has 24 heavy (non-hydrogen) atoms. The number of carbonyl (C=O) groups is 1. The summed E-state index contributed by atoms with van der Waals surface area (Å²) >= 11 is 0. The highest BCUT2D eigenvalue weighted by Crippen LogP contribution is 2.27. The van der Waals surface area contributed by atoms with Crippen LogP contribution < -0.4 is 0 Å². The van der Waals surface area contributed by atoms with Crippen LogP contribution in [0.25, 0.3) is 10.9 Å². The molecule has 2 saturated heterocycles. The van der Waals surface area contributed by atoms with E-state index in [4.69, 9.17) is 0 Å². The summed E-state index contributed by atoms with van der Waals surface area (Å²) in [6.45, 7) is 3.80. The number of rotatable bonds is 3. The third kappa shape index (κ3) is 2.89. The normalized spacial score (nSPS) is 24.8. The number of likely N-dealkylation sites (tertiary alicyclic amines) is 2. The van der Waals surface area contributed by atoms with Crippen LogP contribution in [0, 0.1) is 0 Å². The van der Waals surface area contributed by atoms with Crippen LogP contribution in [0.1, 0.15) is 29.6 Å². The van der Waals surface area contributed by atoms with Crippen molar-refractivity contribution in [2.45, 2.75) is 24.9 Å². The Morgan fingerprint density at radius 1 is 1.17 bits per heavy atom. The molecule has 126 valence electrons. The molecule has 3 heterocycles. The van der Waals surface area contributed by atoms with Crippen molar-refractivity contribution in [3.8, 4) is 0 Å². The smallest absolute Gasteiger partial charge is 0.256 e. The van der Waals surface area contributed by atoms with Gasteiger partial charge in [0.1, 0.15) is 0 Å². The second-order valence-corrected chi connectivity index (χ2v) is 7.06. The summed E-state index contributed by atoms with van der Waals surface area (Å²) in [5.74, 6) is -0.0309. The van der Waals surface area contributed by atoms with Crippen molar-refractivity contribution >= 4 is 16.8 Å². The van der Waals surface area contributed by atoms with Crippen LogP contribution in [-0.4, -0.2) is 64.1 Å². The van der Waals surface area contributed by atoms with Gasteiger partial charge in [0.2, 0.25) is 0 Å². The van der Waals surface area contributed by atoms with Crippen LogP contribution in [0.3, 0.4) is 0 Å². The van der Waals surface area contributed by atoms with Crippen molar-refractivity contribution in [1.29, 1.82) is 0 Å². The van der Waals surface area contributed by atoms with Gasteiger partial charge in [0.25, 0.3) is 5.91 Å². The molecule has 0 radical (unpaired) electrons. The fraction of sp³-hybridized carbons (Fsp3) is 0.474. The molecule has 2 aliphatic rings. The highest BCUT2D eigenvalue weighted by Gasteiger charge is 2.40. The minimum Gasteiger partial charge on any atom is -0.387 e. The van der Waals surface area contributed by atoms with Crippen LogP contribution >= 0.6 is 0 Å². The molecule has 1 aromatic heterocycles. The van der Waals surface area contributed by atoms with E-state index in [1.54, 1.807) is 11.1 Å². The molecule has 1 N–H and O–H groups in total. The third-order valence-corrected chi connectivity index (χ3v) is 5.20. The van der Waals surface area contributed by atoms with Gasteiger partial charge in [0.05, 0.1) is 23.2 Å². The molecule has 0 bridgehead atoms. The number of fused-ring (bicyclic) bond motifs is 1. The first-order valence-electron chi connectivity index (χ1n) is 8.72. The van der Waals surface area contributed by atoms with Crippen molar-refractivity contribution in [2.75, 3.05) is 32.7 Å². The van der Waals surface area contributed by atoms with E-state index in [0.29, 0.717) is 31.6 Å². The van der Waals surface area contributed by atoms with Gasteiger partial charge in [-0.15, -0.1) is 0 Å². The predicted molar refractivity (Wildman–Crippen MR) is 92.9 cm³/mol. The summed E-state index contributed by atoms with van der Waals surface area (Å²) in [4.78, 5) is 21.4. The Morgan fingerprint density at radius 2 is 1.96 bits per heavy atom. The number of nitrogens with zero attached hydrogens (tertiary/aromatic N) is 3. The number of carbonyl (C=O) groups excluding carboxylic acids is 1. The second-order valence-electron chi connectivity index (χ2n) is 7.06. The van der Waals surface area contributed by atoms with Gasteiger partial charge in [-0.1, -0.05) is 18.2 Å². The topological polar surface area (TPSA) is 56.7 Å². The number of aromatic nitrogens is 1. The molecule has 4 rings (SSSR count). The van der Waals surface area contributed by atoms with Crippen molar-refractivity contribution in [3.05, 3.63) is 42.1 Å². The van der Waals surface area contributed by atoms with Gasteiger partial charge >= 0.3 is 0 Å². The van der Waals surface area contributed by atoms with E-state index < -0.39 is 5.60 Å². The van der Waals surface area contributed by atoms with Crippen molar-refractivity contribution in [1.82, 2.24) is 14.8 Å². The predicted octanol–water partition coefficient (Wildman–Crippen LogP) is 1.91. The minimum absolute atomic E-state index is 0.0309. The van der Waals surface area contributed by atoms with Crippen LogP contribution in [0.4, 0.5) is 0 Å². The molecule has 1 atom stereocenters. The molecule has 2 fully saturated rings. The van der Waals surface area contributed by atoms with Gasteiger partial charge < -0.3 is 14.9 Å². The second kappa shape index (κ2) is 6.15. The van der Waals surface area contributed by atoms with Gasteiger partial charge in [-0.2, -0.15) is 0 Å². The Kier molecular flexibility index (Phi) is 3.98. The van der Waals surface area contributed by atoms with Crippen LogP contribution in [0.15, 0.2) is 36.5 Å².